The third-order valence-electron chi connectivity index (χ3n) is 2.74. The minimum absolute atomic E-state index is 0.0826. The van der Waals surface area contributed by atoms with Crippen LogP contribution in [0.5, 0.6) is 0 Å². The van der Waals surface area contributed by atoms with Crippen LogP contribution < -0.4 is 0 Å². The van der Waals surface area contributed by atoms with Gasteiger partial charge in [-0.3, -0.25) is 4.79 Å². The number of oxime groups is 1. The molecule has 2 rings (SSSR count). The minimum Gasteiger partial charge on any atom is -0.395 e. The van der Waals surface area contributed by atoms with E-state index in [1.807, 2.05) is 6.92 Å². The Bertz CT molecular complexity index is 274. The average molecular weight is 183 g/mol. The molecule has 0 N–H and O–H groups in total. The van der Waals surface area contributed by atoms with Gasteiger partial charge in [0.1, 0.15) is 12.3 Å². The summed E-state index contributed by atoms with van der Waals surface area (Å²) in [4.78, 5) is 16.6. The quantitative estimate of drug-likeness (QED) is 0.635. The van der Waals surface area contributed by atoms with Gasteiger partial charge in [-0.05, 0) is 6.92 Å². The summed E-state index contributed by atoms with van der Waals surface area (Å²) in [6.07, 6.45) is 0.474. The van der Waals surface area contributed by atoms with E-state index >= 15 is 0 Å². The van der Waals surface area contributed by atoms with E-state index in [-0.39, 0.29) is 11.7 Å². The molecule has 0 unspecified atom stereocenters. The Kier molecular flexibility index (Phi) is 1.87. The molecular formula is C9H13NO3. The van der Waals surface area contributed by atoms with Gasteiger partial charge in [-0.25, -0.2) is 0 Å². The monoisotopic (exact) mass is 183 g/mol. The summed E-state index contributed by atoms with van der Waals surface area (Å²) in [6, 6.07) is 0. The van der Waals surface area contributed by atoms with Gasteiger partial charge in [0.15, 0.2) is 11.4 Å². The van der Waals surface area contributed by atoms with Crippen LogP contribution in [0.4, 0.5) is 0 Å². The van der Waals surface area contributed by atoms with Crippen molar-refractivity contribution in [1.82, 2.24) is 0 Å². The fourth-order valence-electron chi connectivity index (χ4n) is 1.86. The lowest BCUT2D eigenvalue weighted by Crippen LogP contribution is -2.41. The highest BCUT2D eigenvalue weighted by Crippen LogP contribution is 2.32. The number of rotatable bonds is 2. The predicted molar refractivity (Wildman–Crippen MR) is 46.5 cm³/mol. The van der Waals surface area contributed by atoms with Gasteiger partial charge in [0.2, 0.25) is 0 Å². The van der Waals surface area contributed by atoms with Crippen molar-refractivity contribution < 1.29 is 14.4 Å². The molecule has 0 amide bonds. The molecule has 2 heterocycles. The first-order valence-electron chi connectivity index (χ1n) is 4.56. The molecule has 72 valence electrons. The number of hydrogen-bond acceptors (Lipinski definition) is 4. The summed E-state index contributed by atoms with van der Waals surface area (Å²) < 4.78 is 5.50. The lowest BCUT2D eigenvalue weighted by atomic mass is 9.89. The predicted octanol–water partition coefficient (Wildman–Crippen LogP) is 0.757. The Hall–Kier alpha value is -0.900. The zero-order chi connectivity index (χ0) is 9.47. The van der Waals surface area contributed by atoms with Crippen molar-refractivity contribution >= 4 is 11.5 Å². The lowest BCUT2D eigenvalue weighted by molar-refractivity contribution is -0.132. The molecule has 0 aliphatic carbocycles. The van der Waals surface area contributed by atoms with Crippen LogP contribution in [0.2, 0.25) is 0 Å². The van der Waals surface area contributed by atoms with E-state index in [1.165, 1.54) is 0 Å². The molecule has 2 atom stereocenters. The summed E-state index contributed by atoms with van der Waals surface area (Å²) in [7, 11) is 0. The second kappa shape index (κ2) is 2.80. The van der Waals surface area contributed by atoms with Crippen molar-refractivity contribution in [3.05, 3.63) is 0 Å². The van der Waals surface area contributed by atoms with Gasteiger partial charge in [-0.15, -0.1) is 0 Å². The first-order chi connectivity index (χ1) is 6.18. The summed E-state index contributed by atoms with van der Waals surface area (Å²) in [5.74, 6) is 0.278. The maximum absolute atomic E-state index is 11.6. The number of ether oxygens (including phenoxy) is 1. The number of Topliss-reactive ketones (excluding diaryl/α,β-unsaturated/α-hetero) is 1. The average Bonchev–Trinajstić information content (AvgIpc) is 2.69. The number of fused-ring (bicyclic) bond motifs is 1. The van der Waals surface area contributed by atoms with Crippen LogP contribution in [0.3, 0.4) is 0 Å². The van der Waals surface area contributed by atoms with Crippen LogP contribution in [0.1, 0.15) is 20.3 Å². The van der Waals surface area contributed by atoms with E-state index in [0.717, 1.165) is 5.71 Å². The third-order valence-corrected chi connectivity index (χ3v) is 2.74. The SMILES string of the molecule is CCC(=O)[C@@]1(C)OC[C@H]2CON=C21. The second-order valence-corrected chi connectivity index (χ2v) is 3.59. The maximum atomic E-state index is 11.6. The summed E-state index contributed by atoms with van der Waals surface area (Å²) >= 11 is 0. The Labute approximate surface area is 76.9 Å². The van der Waals surface area contributed by atoms with Crippen molar-refractivity contribution in [3.8, 4) is 0 Å². The topological polar surface area (TPSA) is 47.9 Å². The molecule has 0 radical (unpaired) electrons. The fraction of sp³-hybridized carbons (Fsp3) is 0.778. The van der Waals surface area contributed by atoms with Crippen molar-refractivity contribution in [2.24, 2.45) is 11.1 Å². The van der Waals surface area contributed by atoms with E-state index in [0.29, 0.717) is 19.6 Å². The van der Waals surface area contributed by atoms with Crippen LogP contribution in [0, 0.1) is 5.92 Å². The molecule has 0 aromatic rings. The molecule has 0 aromatic carbocycles. The van der Waals surface area contributed by atoms with Gasteiger partial charge < -0.3 is 9.57 Å². The van der Waals surface area contributed by atoms with Crippen LogP contribution in [-0.4, -0.2) is 30.3 Å². The normalized spacial score (nSPS) is 36.8. The standard InChI is InChI=1S/C9H13NO3/c1-3-7(11)9(2)8-6(4-12-9)5-13-10-8/h6H,3-5H2,1-2H3/t6-,9+/m0/s1. The molecule has 0 saturated carbocycles. The molecule has 13 heavy (non-hydrogen) atoms. The Morgan fingerprint density at radius 3 is 3.15 bits per heavy atom. The molecular weight excluding hydrogens is 170 g/mol. The Morgan fingerprint density at radius 2 is 2.46 bits per heavy atom. The van der Waals surface area contributed by atoms with Gasteiger partial charge in [0, 0.05) is 6.42 Å². The van der Waals surface area contributed by atoms with Crippen LogP contribution >= 0.6 is 0 Å². The highest BCUT2D eigenvalue weighted by molar-refractivity contribution is 6.14. The number of hydrogen-bond donors (Lipinski definition) is 0. The van der Waals surface area contributed by atoms with Crippen LogP contribution in [0.25, 0.3) is 0 Å². The number of carbonyl (C=O) groups excluding carboxylic acids is 1. The third kappa shape index (κ3) is 1.09. The van der Waals surface area contributed by atoms with Crippen molar-refractivity contribution in [2.45, 2.75) is 25.9 Å². The molecule has 0 aromatic heterocycles. The van der Waals surface area contributed by atoms with E-state index in [2.05, 4.69) is 5.16 Å². The number of ketones is 1. The molecule has 4 heteroatoms. The molecule has 1 saturated heterocycles. The van der Waals surface area contributed by atoms with Gasteiger partial charge in [-0.2, -0.15) is 0 Å². The molecule has 2 aliphatic rings. The zero-order valence-electron chi connectivity index (χ0n) is 7.87. The fourth-order valence-corrected chi connectivity index (χ4v) is 1.86. The Morgan fingerprint density at radius 1 is 1.69 bits per heavy atom. The molecule has 0 bridgehead atoms. The van der Waals surface area contributed by atoms with Crippen molar-refractivity contribution in [2.75, 3.05) is 13.2 Å². The Balaban J connectivity index is 2.28. The van der Waals surface area contributed by atoms with Crippen molar-refractivity contribution in [1.29, 1.82) is 0 Å². The lowest BCUT2D eigenvalue weighted by Gasteiger charge is -2.20. The zero-order valence-corrected chi connectivity index (χ0v) is 7.87. The molecule has 4 nitrogen and oxygen atoms in total. The maximum Gasteiger partial charge on any atom is 0.170 e. The van der Waals surface area contributed by atoms with Crippen LogP contribution in [0.15, 0.2) is 5.16 Å². The van der Waals surface area contributed by atoms with Crippen LogP contribution in [-0.2, 0) is 14.4 Å². The highest BCUT2D eigenvalue weighted by Gasteiger charge is 2.50. The van der Waals surface area contributed by atoms with Gasteiger partial charge in [-0.1, -0.05) is 12.1 Å². The molecule has 1 fully saturated rings. The van der Waals surface area contributed by atoms with Crippen molar-refractivity contribution in [3.63, 3.8) is 0 Å². The number of carbonyl (C=O) groups is 1. The first-order valence-corrected chi connectivity index (χ1v) is 4.56. The van der Waals surface area contributed by atoms with Gasteiger partial charge in [0.25, 0.3) is 0 Å². The summed E-state index contributed by atoms with van der Waals surface area (Å²) in [6.45, 7) is 4.73. The van der Waals surface area contributed by atoms with E-state index in [9.17, 15) is 4.79 Å². The summed E-state index contributed by atoms with van der Waals surface area (Å²) in [5, 5.41) is 3.89. The van der Waals surface area contributed by atoms with Gasteiger partial charge >= 0.3 is 0 Å². The first kappa shape index (κ1) is 8.69. The van der Waals surface area contributed by atoms with E-state index in [4.69, 9.17) is 9.57 Å². The van der Waals surface area contributed by atoms with Gasteiger partial charge in [0.05, 0.1) is 12.5 Å². The molecule has 2 aliphatic heterocycles. The van der Waals surface area contributed by atoms with E-state index < -0.39 is 5.60 Å². The molecule has 0 spiro atoms. The smallest absolute Gasteiger partial charge is 0.170 e. The second-order valence-electron chi connectivity index (χ2n) is 3.59. The highest BCUT2D eigenvalue weighted by atomic mass is 16.6. The summed E-state index contributed by atoms with van der Waals surface area (Å²) in [5.41, 5.74) is -0.0324. The van der Waals surface area contributed by atoms with E-state index in [1.54, 1.807) is 6.92 Å². The minimum atomic E-state index is -0.810. The number of nitrogens with zero attached hydrogens (tertiary/aromatic N) is 1. The largest absolute Gasteiger partial charge is 0.395 e.